The molecule has 0 atom stereocenters. The van der Waals surface area contributed by atoms with Crippen LogP contribution in [0.4, 0.5) is 14.5 Å². The molecule has 3 rings (SSSR count). The maximum atomic E-state index is 13.1. The predicted molar refractivity (Wildman–Crippen MR) is 71.2 cm³/mol. The summed E-state index contributed by atoms with van der Waals surface area (Å²) in [5, 5.41) is 5.60. The van der Waals surface area contributed by atoms with Crippen LogP contribution in [0.5, 0.6) is 0 Å². The molecule has 0 unspecified atom stereocenters. The third kappa shape index (κ3) is 2.53. The maximum absolute atomic E-state index is 13.1. The minimum atomic E-state index is -0.633. The van der Waals surface area contributed by atoms with E-state index in [1.807, 2.05) is 5.38 Å². The molecule has 2 heterocycles. The van der Waals surface area contributed by atoms with Crippen LogP contribution in [0.3, 0.4) is 0 Å². The van der Waals surface area contributed by atoms with Gasteiger partial charge in [0, 0.05) is 12.5 Å². The van der Waals surface area contributed by atoms with Gasteiger partial charge in [0.2, 0.25) is 0 Å². The van der Waals surface area contributed by atoms with Crippen LogP contribution in [0.15, 0.2) is 34.2 Å². The van der Waals surface area contributed by atoms with E-state index in [2.05, 4.69) is 10.1 Å². The van der Waals surface area contributed by atoms with Crippen LogP contribution < -0.4 is 5.73 Å². The molecule has 0 fully saturated rings. The summed E-state index contributed by atoms with van der Waals surface area (Å²) < 4.78 is 31.3. The van der Waals surface area contributed by atoms with E-state index in [0.717, 1.165) is 6.07 Å². The second-order valence-corrected chi connectivity index (χ2v) is 5.09. The molecule has 0 aliphatic rings. The lowest BCUT2D eigenvalue weighted by molar-refractivity contribution is 0.425. The average molecular weight is 293 g/mol. The van der Waals surface area contributed by atoms with Crippen molar-refractivity contribution in [2.45, 2.75) is 6.42 Å². The Morgan fingerprint density at radius 2 is 1.95 bits per heavy atom. The topological polar surface area (TPSA) is 64.9 Å². The Labute approximate surface area is 116 Å². The van der Waals surface area contributed by atoms with Crippen LogP contribution >= 0.6 is 11.3 Å². The van der Waals surface area contributed by atoms with Crippen molar-refractivity contribution in [3.63, 3.8) is 0 Å². The van der Waals surface area contributed by atoms with E-state index in [-0.39, 0.29) is 6.42 Å². The number of nitrogens with two attached hydrogens (primary N) is 1. The molecule has 2 N–H and O–H groups in total. The zero-order chi connectivity index (χ0) is 14.1. The van der Waals surface area contributed by atoms with Crippen molar-refractivity contribution < 1.29 is 13.3 Å². The van der Waals surface area contributed by atoms with Crippen LogP contribution in [0, 0.1) is 11.6 Å². The van der Waals surface area contributed by atoms with E-state index >= 15 is 0 Å². The van der Waals surface area contributed by atoms with E-state index in [9.17, 15) is 8.78 Å². The monoisotopic (exact) mass is 293 g/mol. The standard InChI is InChI=1S/C13H9F2N3OS/c14-8-3-7(4-9(15)6-8)5-11-17-13(19-18-11)12-10(16)1-2-20-12/h1-4,6H,5,16H2. The van der Waals surface area contributed by atoms with E-state index in [4.69, 9.17) is 10.3 Å². The van der Waals surface area contributed by atoms with Crippen molar-refractivity contribution in [1.82, 2.24) is 10.1 Å². The highest BCUT2D eigenvalue weighted by molar-refractivity contribution is 7.14. The lowest BCUT2D eigenvalue weighted by Crippen LogP contribution is -1.93. The van der Waals surface area contributed by atoms with Gasteiger partial charge in [0.05, 0.1) is 5.69 Å². The molecule has 0 aliphatic carbocycles. The van der Waals surface area contributed by atoms with Crippen LogP contribution in [0.1, 0.15) is 11.4 Å². The molecule has 0 saturated carbocycles. The first kappa shape index (κ1) is 12.7. The number of nitrogens with zero attached hydrogens (tertiary/aromatic N) is 2. The van der Waals surface area contributed by atoms with Gasteiger partial charge in [-0.3, -0.25) is 0 Å². The molecule has 0 saturated heterocycles. The van der Waals surface area contributed by atoms with Gasteiger partial charge in [-0.15, -0.1) is 11.3 Å². The summed E-state index contributed by atoms with van der Waals surface area (Å²) in [7, 11) is 0. The third-order valence-electron chi connectivity index (χ3n) is 2.64. The molecule has 0 bridgehead atoms. The number of halogens is 2. The van der Waals surface area contributed by atoms with E-state index in [0.29, 0.717) is 27.8 Å². The Balaban J connectivity index is 1.86. The van der Waals surface area contributed by atoms with Gasteiger partial charge in [-0.05, 0) is 29.1 Å². The minimum Gasteiger partial charge on any atom is -0.397 e. The summed E-state index contributed by atoms with van der Waals surface area (Å²) in [4.78, 5) is 4.86. The van der Waals surface area contributed by atoms with Gasteiger partial charge in [-0.1, -0.05) is 5.16 Å². The highest BCUT2D eigenvalue weighted by Crippen LogP contribution is 2.30. The first-order valence-corrected chi connectivity index (χ1v) is 6.60. The Bertz CT molecular complexity index is 733. The van der Waals surface area contributed by atoms with Crippen molar-refractivity contribution >= 4 is 17.0 Å². The van der Waals surface area contributed by atoms with Crippen LogP contribution in [0.2, 0.25) is 0 Å². The van der Waals surface area contributed by atoms with Crippen molar-refractivity contribution in [3.05, 3.63) is 52.7 Å². The lowest BCUT2D eigenvalue weighted by atomic mass is 10.1. The van der Waals surface area contributed by atoms with Gasteiger partial charge < -0.3 is 10.3 Å². The van der Waals surface area contributed by atoms with Gasteiger partial charge in [-0.25, -0.2) is 8.78 Å². The van der Waals surface area contributed by atoms with E-state index in [1.54, 1.807) is 6.07 Å². The quantitative estimate of drug-likeness (QED) is 0.805. The highest BCUT2D eigenvalue weighted by atomic mass is 32.1. The first-order valence-electron chi connectivity index (χ1n) is 5.73. The molecule has 2 aromatic heterocycles. The molecular weight excluding hydrogens is 284 g/mol. The van der Waals surface area contributed by atoms with Crippen molar-refractivity contribution in [3.8, 4) is 10.8 Å². The number of nitrogen functional groups attached to an aromatic ring is 1. The lowest BCUT2D eigenvalue weighted by Gasteiger charge is -1.97. The minimum absolute atomic E-state index is 0.184. The molecule has 4 nitrogen and oxygen atoms in total. The van der Waals surface area contributed by atoms with Gasteiger partial charge in [0.1, 0.15) is 16.5 Å². The fraction of sp³-hybridized carbons (Fsp3) is 0.0769. The van der Waals surface area contributed by atoms with Crippen molar-refractivity contribution in [2.75, 3.05) is 5.73 Å². The summed E-state index contributed by atoms with van der Waals surface area (Å²) in [6.45, 7) is 0. The summed E-state index contributed by atoms with van der Waals surface area (Å²) >= 11 is 1.39. The Morgan fingerprint density at radius 1 is 1.20 bits per heavy atom. The normalized spacial score (nSPS) is 10.9. The fourth-order valence-electron chi connectivity index (χ4n) is 1.81. The number of anilines is 1. The van der Waals surface area contributed by atoms with Crippen LogP contribution in [0.25, 0.3) is 10.8 Å². The Kier molecular flexibility index (Phi) is 3.19. The molecular formula is C13H9F2N3OS. The summed E-state index contributed by atoms with van der Waals surface area (Å²) in [5.41, 5.74) is 6.75. The maximum Gasteiger partial charge on any atom is 0.270 e. The molecule has 0 aliphatic heterocycles. The molecule has 0 amide bonds. The van der Waals surface area contributed by atoms with E-state index in [1.165, 1.54) is 23.5 Å². The van der Waals surface area contributed by atoms with Gasteiger partial charge in [0.25, 0.3) is 5.89 Å². The number of hydrogen-bond acceptors (Lipinski definition) is 5. The number of thiophene rings is 1. The number of benzene rings is 1. The summed E-state index contributed by atoms with van der Waals surface area (Å²) in [6.07, 6.45) is 0.184. The fourth-order valence-corrected chi connectivity index (χ4v) is 2.55. The number of hydrogen-bond donors (Lipinski definition) is 1. The van der Waals surface area contributed by atoms with Gasteiger partial charge >= 0.3 is 0 Å². The molecule has 20 heavy (non-hydrogen) atoms. The Hall–Kier alpha value is -2.28. The second-order valence-electron chi connectivity index (χ2n) is 4.18. The molecule has 3 aromatic rings. The number of aromatic nitrogens is 2. The third-order valence-corrected chi connectivity index (χ3v) is 3.56. The average Bonchev–Trinajstić information content (AvgIpc) is 2.96. The SMILES string of the molecule is Nc1ccsc1-c1nc(Cc2cc(F)cc(F)c2)no1. The van der Waals surface area contributed by atoms with Crippen molar-refractivity contribution in [1.29, 1.82) is 0 Å². The smallest absolute Gasteiger partial charge is 0.270 e. The first-order chi connectivity index (χ1) is 9.61. The highest BCUT2D eigenvalue weighted by Gasteiger charge is 2.13. The number of rotatable bonds is 3. The van der Waals surface area contributed by atoms with Crippen LogP contribution in [-0.4, -0.2) is 10.1 Å². The Morgan fingerprint density at radius 3 is 2.60 bits per heavy atom. The molecule has 7 heteroatoms. The zero-order valence-corrected chi connectivity index (χ0v) is 11.0. The van der Waals surface area contributed by atoms with Crippen LogP contribution in [-0.2, 0) is 6.42 Å². The molecule has 1 aromatic carbocycles. The largest absolute Gasteiger partial charge is 0.397 e. The second kappa shape index (κ2) is 5.01. The molecule has 0 radical (unpaired) electrons. The predicted octanol–water partition coefficient (Wildman–Crippen LogP) is 3.25. The van der Waals surface area contributed by atoms with Gasteiger partial charge in [0.15, 0.2) is 5.82 Å². The molecule has 0 spiro atoms. The zero-order valence-electron chi connectivity index (χ0n) is 10.1. The van der Waals surface area contributed by atoms with Crippen molar-refractivity contribution in [2.24, 2.45) is 0 Å². The molecule has 102 valence electrons. The van der Waals surface area contributed by atoms with Gasteiger partial charge in [-0.2, -0.15) is 4.98 Å². The van der Waals surface area contributed by atoms with E-state index < -0.39 is 11.6 Å². The summed E-state index contributed by atoms with van der Waals surface area (Å²) in [6, 6.07) is 5.03. The summed E-state index contributed by atoms with van der Waals surface area (Å²) in [5.74, 6) is -0.611.